The van der Waals surface area contributed by atoms with Gasteiger partial charge >= 0.3 is 0 Å². The molecule has 4 nitrogen and oxygen atoms in total. The highest BCUT2D eigenvalue weighted by Gasteiger charge is 2.13. The molecule has 5 heteroatoms. The maximum Gasteiger partial charge on any atom is 0.221 e. The van der Waals surface area contributed by atoms with Crippen LogP contribution < -0.4 is 10.5 Å². The monoisotopic (exact) mass is 390 g/mol. The first kappa shape index (κ1) is 19.5. The minimum Gasteiger partial charge on any atom is -0.457 e. The summed E-state index contributed by atoms with van der Waals surface area (Å²) in [7, 11) is 0. The SMILES string of the molecule is Cc1cc(-c2ccccc2CC(N)=O)cc(Oc2cc(Cl)cc(C#N)c2)c1C. The number of aryl methyl sites for hydroxylation is 1. The Morgan fingerprint density at radius 1 is 1.14 bits per heavy atom. The number of halogens is 1. The Labute approximate surface area is 169 Å². The van der Waals surface area contributed by atoms with E-state index < -0.39 is 0 Å². The van der Waals surface area contributed by atoms with Crippen molar-refractivity contribution in [3.05, 3.63) is 81.9 Å². The van der Waals surface area contributed by atoms with Crippen molar-refractivity contribution in [3.8, 4) is 28.7 Å². The second-order valence-corrected chi connectivity index (χ2v) is 7.04. The highest BCUT2D eigenvalue weighted by molar-refractivity contribution is 6.30. The fraction of sp³-hybridized carbons (Fsp3) is 0.130. The number of nitriles is 1. The molecule has 0 fully saturated rings. The molecule has 3 aromatic rings. The smallest absolute Gasteiger partial charge is 0.221 e. The average Bonchev–Trinajstić information content (AvgIpc) is 2.64. The van der Waals surface area contributed by atoms with Gasteiger partial charge in [0.15, 0.2) is 0 Å². The lowest BCUT2D eigenvalue weighted by atomic mass is 9.94. The van der Waals surface area contributed by atoms with Crippen molar-refractivity contribution in [2.24, 2.45) is 5.73 Å². The van der Waals surface area contributed by atoms with Gasteiger partial charge < -0.3 is 10.5 Å². The van der Waals surface area contributed by atoms with Crippen LogP contribution in [0.2, 0.25) is 5.02 Å². The third-order valence-electron chi connectivity index (χ3n) is 4.54. The first-order chi connectivity index (χ1) is 13.4. The standard InChI is InChI=1S/C23H19ClN2O2/c1-14-7-18(21-6-4-3-5-17(21)11-23(26)27)10-22(15(14)2)28-20-9-16(13-25)8-19(24)12-20/h3-10,12H,11H2,1-2H3,(H2,26,27). The van der Waals surface area contributed by atoms with Crippen LogP contribution >= 0.6 is 11.6 Å². The van der Waals surface area contributed by atoms with E-state index in [0.717, 1.165) is 27.8 Å². The summed E-state index contributed by atoms with van der Waals surface area (Å²) in [5, 5.41) is 9.58. The molecular formula is C23H19ClN2O2. The molecule has 0 heterocycles. The molecule has 0 aliphatic heterocycles. The molecule has 140 valence electrons. The van der Waals surface area contributed by atoms with Gasteiger partial charge in [-0.05, 0) is 65.9 Å². The molecule has 0 aliphatic rings. The fourth-order valence-electron chi connectivity index (χ4n) is 3.05. The topological polar surface area (TPSA) is 76.1 Å². The quantitative estimate of drug-likeness (QED) is 0.640. The zero-order valence-electron chi connectivity index (χ0n) is 15.6. The molecule has 3 rings (SSSR count). The Balaban J connectivity index is 2.07. The van der Waals surface area contributed by atoms with Crippen molar-refractivity contribution in [1.82, 2.24) is 0 Å². The Kier molecular flexibility index (Phi) is 5.67. The Morgan fingerprint density at radius 3 is 2.61 bits per heavy atom. The van der Waals surface area contributed by atoms with E-state index >= 15 is 0 Å². The number of nitrogens with two attached hydrogens (primary N) is 1. The molecule has 28 heavy (non-hydrogen) atoms. The number of benzene rings is 3. The number of primary amides is 1. The third-order valence-corrected chi connectivity index (χ3v) is 4.76. The number of carbonyl (C=O) groups excluding carboxylic acids is 1. The van der Waals surface area contributed by atoms with Crippen LogP contribution in [0.1, 0.15) is 22.3 Å². The molecule has 0 atom stereocenters. The van der Waals surface area contributed by atoms with Crippen molar-refractivity contribution in [3.63, 3.8) is 0 Å². The summed E-state index contributed by atoms with van der Waals surface area (Å²) in [6, 6.07) is 18.6. The lowest BCUT2D eigenvalue weighted by Crippen LogP contribution is -2.14. The van der Waals surface area contributed by atoms with Gasteiger partial charge in [-0.25, -0.2) is 0 Å². The van der Waals surface area contributed by atoms with Gasteiger partial charge in [0.05, 0.1) is 18.1 Å². The maximum absolute atomic E-state index is 11.4. The molecular weight excluding hydrogens is 372 g/mol. The van der Waals surface area contributed by atoms with Gasteiger partial charge in [-0.15, -0.1) is 0 Å². The fourth-order valence-corrected chi connectivity index (χ4v) is 3.27. The molecule has 1 amide bonds. The molecule has 0 unspecified atom stereocenters. The normalized spacial score (nSPS) is 10.4. The molecule has 0 radical (unpaired) electrons. The zero-order chi connectivity index (χ0) is 20.3. The minimum atomic E-state index is -0.379. The van der Waals surface area contributed by atoms with Crippen LogP contribution in [0.4, 0.5) is 0 Å². The lowest BCUT2D eigenvalue weighted by molar-refractivity contribution is -0.117. The molecule has 0 saturated carbocycles. The van der Waals surface area contributed by atoms with Crippen molar-refractivity contribution in [1.29, 1.82) is 5.26 Å². The van der Waals surface area contributed by atoms with Crippen LogP contribution in [-0.4, -0.2) is 5.91 Å². The molecule has 0 saturated heterocycles. The first-order valence-electron chi connectivity index (χ1n) is 8.73. The maximum atomic E-state index is 11.4. The summed E-state index contributed by atoms with van der Waals surface area (Å²) in [4.78, 5) is 11.4. The van der Waals surface area contributed by atoms with Crippen LogP contribution in [0, 0.1) is 25.2 Å². The number of carbonyl (C=O) groups is 1. The Bertz CT molecular complexity index is 1100. The van der Waals surface area contributed by atoms with Crippen molar-refractivity contribution >= 4 is 17.5 Å². The number of hydrogen-bond donors (Lipinski definition) is 1. The van der Waals surface area contributed by atoms with Crippen LogP contribution in [-0.2, 0) is 11.2 Å². The van der Waals surface area contributed by atoms with Gasteiger partial charge in [0.1, 0.15) is 11.5 Å². The molecule has 3 aromatic carbocycles. The summed E-state index contributed by atoms with van der Waals surface area (Å²) in [5.41, 5.74) is 10.6. The summed E-state index contributed by atoms with van der Waals surface area (Å²) in [5.74, 6) is 0.778. The second kappa shape index (κ2) is 8.16. The van der Waals surface area contributed by atoms with Gasteiger partial charge in [-0.1, -0.05) is 41.9 Å². The molecule has 0 aliphatic carbocycles. The Hall–Kier alpha value is -3.29. The summed E-state index contributed by atoms with van der Waals surface area (Å²) < 4.78 is 6.07. The van der Waals surface area contributed by atoms with E-state index in [0.29, 0.717) is 22.1 Å². The first-order valence-corrected chi connectivity index (χ1v) is 9.11. The second-order valence-electron chi connectivity index (χ2n) is 6.61. The highest BCUT2D eigenvalue weighted by Crippen LogP contribution is 2.35. The van der Waals surface area contributed by atoms with Gasteiger partial charge in [-0.3, -0.25) is 4.79 Å². The molecule has 0 bridgehead atoms. The summed E-state index contributed by atoms with van der Waals surface area (Å²) in [6.07, 6.45) is 0.166. The van der Waals surface area contributed by atoms with Crippen molar-refractivity contribution in [2.75, 3.05) is 0 Å². The molecule has 2 N–H and O–H groups in total. The number of rotatable bonds is 5. The van der Waals surface area contributed by atoms with Crippen LogP contribution in [0.3, 0.4) is 0 Å². The van der Waals surface area contributed by atoms with Crippen LogP contribution in [0.15, 0.2) is 54.6 Å². The van der Waals surface area contributed by atoms with Crippen LogP contribution in [0.25, 0.3) is 11.1 Å². The highest BCUT2D eigenvalue weighted by atomic mass is 35.5. The third kappa shape index (κ3) is 4.33. The average molecular weight is 391 g/mol. The van der Waals surface area contributed by atoms with E-state index in [9.17, 15) is 4.79 Å². The number of amides is 1. The Morgan fingerprint density at radius 2 is 1.89 bits per heavy atom. The zero-order valence-corrected chi connectivity index (χ0v) is 16.4. The predicted molar refractivity (Wildman–Crippen MR) is 110 cm³/mol. The summed E-state index contributed by atoms with van der Waals surface area (Å²) in [6.45, 7) is 3.97. The molecule has 0 aromatic heterocycles. The summed E-state index contributed by atoms with van der Waals surface area (Å²) >= 11 is 6.09. The van der Waals surface area contributed by atoms with Gasteiger partial charge in [0.2, 0.25) is 5.91 Å². The largest absolute Gasteiger partial charge is 0.457 e. The van der Waals surface area contributed by atoms with Gasteiger partial charge in [0, 0.05) is 5.02 Å². The van der Waals surface area contributed by atoms with E-state index in [1.54, 1.807) is 18.2 Å². The van der Waals surface area contributed by atoms with E-state index in [4.69, 9.17) is 27.3 Å². The van der Waals surface area contributed by atoms with Crippen molar-refractivity contribution < 1.29 is 9.53 Å². The van der Waals surface area contributed by atoms with E-state index in [-0.39, 0.29) is 12.3 Å². The molecule has 0 spiro atoms. The van der Waals surface area contributed by atoms with Gasteiger partial charge in [0.25, 0.3) is 0 Å². The van der Waals surface area contributed by atoms with E-state index in [2.05, 4.69) is 12.1 Å². The lowest BCUT2D eigenvalue weighted by Gasteiger charge is -2.15. The van der Waals surface area contributed by atoms with Gasteiger partial charge in [-0.2, -0.15) is 5.26 Å². The minimum absolute atomic E-state index is 0.166. The predicted octanol–water partition coefficient (Wildman–Crippen LogP) is 5.32. The van der Waals surface area contributed by atoms with E-state index in [1.807, 2.05) is 44.2 Å². The number of nitrogens with zero attached hydrogens (tertiary/aromatic N) is 1. The van der Waals surface area contributed by atoms with Crippen LogP contribution in [0.5, 0.6) is 11.5 Å². The number of hydrogen-bond acceptors (Lipinski definition) is 3. The van der Waals surface area contributed by atoms with E-state index in [1.165, 1.54) is 0 Å². The number of ether oxygens (including phenoxy) is 1. The van der Waals surface area contributed by atoms with Crippen molar-refractivity contribution in [2.45, 2.75) is 20.3 Å².